The summed E-state index contributed by atoms with van der Waals surface area (Å²) in [5.41, 5.74) is -1.64. The van der Waals surface area contributed by atoms with Crippen molar-refractivity contribution in [1.82, 2.24) is 0 Å². The van der Waals surface area contributed by atoms with Crippen LogP contribution in [0.5, 0.6) is 11.5 Å². The van der Waals surface area contributed by atoms with Crippen LogP contribution in [0, 0.1) is 35.0 Å². The van der Waals surface area contributed by atoms with Gasteiger partial charge in [0.1, 0.15) is 34.6 Å². The summed E-state index contributed by atoms with van der Waals surface area (Å²) < 4.78 is 149. The molecule has 49 heavy (non-hydrogen) atoms. The number of hydrogen-bond donors (Lipinski definition) is 0. The Labute approximate surface area is 276 Å². The maximum atomic E-state index is 15.3. The molecule has 2 nitrogen and oxygen atoms in total. The number of halogens is 10. The number of rotatable bonds is 10. The van der Waals surface area contributed by atoms with Crippen molar-refractivity contribution in [3.63, 3.8) is 0 Å². The number of ether oxygens (including phenoxy) is 2. The normalized spacial score (nSPS) is 17.0. The zero-order valence-electron chi connectivity index (χ0n) is 26.0. The van der Waals surface area contributed by atoms with E-state index in [2.05, 4.69) is 15.5 Å². The van der Waals surface area contributed by atoms with E-state index in [9.17, 15) is 35.1 Å². The largest absolute Gasteiger partial charge is 0.573 e. The molecule has 0 spiro atoms. The first-order valence-electron chi connectivity index (χ1n) is 15.5. The third-order valence-corrected chi connectivity index (χ3v) is 8.59. The standard InChI is InChI=1S/C37H30F10O2/c1-2-3-4-5-21-6-8-22(9-7-21)23-10-13-27(29(38)16-23)24-11-14-28(30(39)17-24)25-18-32(41)35(33(42)19-25)36(43,44)48-26-12-15-34(31(40)20-26)49-37(45,46)47/h2-3,10-22H,4-9H2,1H3. The van der Waals surface area contributed by atoms with Crippen LogP contribution in [0.2, 0.25) is 0 Å². The molecule has 0 radical (unpaired) electrons. The lowest BCUT2D eigenvalue weighted by Gasteiger charge is -2.28. The molecule has 0 amide bonds. The third-order valence-electron chi connectivity index (χ3n) is 8.59. The maximum Gasteiger partial charge on any atom is 0.573 e. The van der Waals surface area contributed by atoms with Gasteiger partial charge in [-0.25, -0.2) is 22.0 Å². The molecule has 12 heteroatoms. The molecule has 260 valence electrons. The molecule has 0 saturated heterocycles. The van der Waals surface area contributed by atoms with Crippen molar-refractivity contribution in [3.8, 4) is 33.8 Å². The van der Waals surface area contributed by atoms with Crippen LogP contribution >= 0.6 is 0 Å². The highest BCUT2D eigenvalue weighted by Gasteiger charge is 2.42. The van der Waals surface area contributed by atoms with Gasteiger partial charge in [0, 0.05) is 17.2 Å². The van der Waals surface area contributed by atoms with Gasteiger partial charge in [-0.1, -0.05) is 36.4 Å². The number of allylic oxidation sites excluding steroid dienone is 2. The predicted molar refractivity (Wildman–Crippen MR) is 163 cm³/mol. The minimum atomic E-state index is -5.27. The van der Waals surface area contributed by atoms with Crippen molar-refractivity contribution >= 4 is 0 Å². The molecule has 0 aliphatic heterocycles. The van der Waals surface area contributed by atoms with Crippen molar-refractivity contribution in [2.24, 2.45) is 5.92 Å². The van der Waals surface area contributed by atoms with Crippen LogP contribution in [0.4, 0.5) is 43.9 Å². The molecule has 1 aliphatic carbocycles. The molecule has 0 unspecified atom stereocenters. The lowest BCUT2D eigenvalue weighted by molar-refractivity contribution is -0.275. The van der Waals surface area contributed by atoms with Crippen molar-refractivity contribution in [2.45, 2.75) is 63.8 Å². The Bertz CT molecular complexity index is 1800. The van der Waals surface area contributed by atoms with Crippen LogP contribution in [-0.2, 0) is 6.11 Å². The fraction of sp³-hybridized carbons (Fsp3) is 0.297. The summed E-state index contributed by atoms with van der Waals surface area (Å²) in [6.45, 7) is 1.99. The Hall–Kier alpha value is -4.48. The highest BCUT2D eigenvalue weighted by Crippen LogP contribution is 2.41. The summed E-state index contributed by atoms with van der Waals surface area (Å²) in [5.74, 6) is -8.57. The monoisotopic (exact) mass is 696 g/mol. The van der Waals surface area contributed by atoms with Crippen LogP contribution in [-0.4, -0.2) is 6.36 Å². The molecule has 0 bridgehead atoms. The van der Waals surface area contributed by atoms with E-state index in [1.54, 1.807) is 12.1 Å². The van der Waals surface area contributed by atoms with Crippen LogP contribution in [0.3, 0.4) is 0 Å². The fourth-order valence-corrected chi connectivity index (χ4v) is 6.18. The first kappa shape index (κ1) is 35.8. The Morgan fingerprint density at radius 1 is 0.653 bits per heavy atom. The van der Waals surface area contributed by atoms with Crippen molar-refractivity contribution in [1.29, 1.82) is 0 Å². The van der Waals surface area contributed by atoms with E-state index in [0.717, 1.165) is 56.2 Å². The van der Waals surface area contributed by atoms with Gasteiger partial charge < -0.3 is 9.47 Å². The predicted octanol–water partition coefficient (Wildman–Crippen LogP) is 12.4. The number of benzene rings is 4. The maximum absolute atomic E-state index is 15.3. The summed E-state index contributed by atoms with van der Waals surface area (Å²) in [4.78, 5) is 0. The Kier molecular flexibility index (Phi) is 10.6. The van der Waals surface area contributed by atoms with Gasteiger partial charge >= 0.3 is 12.5 Å². The molecular weight excluding hydrogens is 666 g/mol. The van der Waals surface area contributed by atoms with Crippen LogP contribution < -0.4 is 9.47 Å². The molecule has 1 aliphatic rings. The molecule has 4 aromatic rings. The van der Waals surface area contributed by atoms with Gasteiger partial charge in [-0.05, 0) is 110 Å². The number of alkyl halides is 5. The van der Waals surface area contributed by atoms with E-state index in [1.165, 1.54) is 12.1 Å². The Morgan fingerprint density at radius 2 is 1.27 bits per heavy atom. The van der Waals surface area contributed by atoms with Gasteiger partial charge in [0.05, 0.1) is 0 Å². The average Bonchev–Trinajstić information content (AvgIpc) is 3.01. The second kappa shape index (κ2) is 14.6. The molecule has 1 fully saturated rings. The summed E-state index contributed by atoms with van der Waals surface area (Å²) in [6.07, 6.45) is 0.324. The molecule has 0 aromatic heterocycles. The summed E-state index contributed by atoms with van der Waals surface area (Å²) in [6, 6.07) is 10.0. The second-order valence-electron chi connectivity index (χ2n) is 11.9. The van der Waals surface area contributed by atoms with E-state index in [1.807, 2.05) is 13.0 Å². The molecule has 1 saturated carbocycles. The highest BCUT2D eigenvalue weighted by atomic mass is 19.4. The van der Waals surface area contributed by atoms with Gasteiger partial charge in [0.15, 0.2) is 11.6 Å². The zero-order chi connectivity index (χ0) is 35.5. The van der Waals surface area contributed by atoms with Crippen LogP contribution in [0.1, 0.15) is 62.5 Å². The lowest BCUT2D eigenvalue weighted by Crippen LogP contribution is -2.25. The van der Waals surface area contributed by atoms with Gasteiger partial charge in [-0.3, -0.25) is 0 Å². The van der Waals surface area contributed by atoms with E-state index in [4.69, 9.17) is 0 Å². The topological polar surface area (TPSA) is 18.5 Å². The molecule has 4 aromatic carbocycles. The molecule has 0 heterocycles. The van der Waals surface area contributed by atoms with Crippen molar-refractivity contribution < 1.29 is 53.4 Å². The summed E-state index contributed by atoms with van der Waals surface area (Å²) >= 11 is 0. The minimum Gasteiger partial charge on any atom is -0.429 e. The van der Waals surface area contributed by atoms with E-state index < -0.39 is 64.2 Å². The van der Waals surface area contributed by atoms with Crippen LogP contribution in [0.15, 0.2) is 78.9 Å². The summed E-state index contributed by atoms with van der Waals surface area (Å²) in [7, 11) is 0. The minimum absolute atomic E-state index is 0.105. The van der Waals surface area contributed by atoms with E-state index in [0.29, 0.717) is 30.2 Å². The highest BCUT2D eigenvalue weighted by molar-refractivity contribution is 5.72. The van der Waals surface area contributed by atoms with E-state index >= 15 is 8.78 Å². The van der Waals surface area contributed by atoms with Crippen LogP contribution in [0.25, 0.3) is 22.3 Å². The first-order chi connectivity index (χ1) is 23.1. The number of hydrogen-bond acceptors (Lipinski definition) is 2. The Balaban J connectivity index is 1.31. The smallest absolute Gasteiger partial charge is 0.429 e. The quantitative estimate of drug-likeness (QED) is 0.121. The van der Waals surface area contributed by atoms with Gasteiger partial charge in [-0.15, -0.1) is 13.2 Å². The van der Waals surface area contributed by atoms with Gasteiger partial charge in [0.2, 0.25) is 0 Å². The third kappa shape index (κ3) is 8.58. The van der Waals surface area contributed by atoms with Crippen molar-refractivity contribution in [2.75, 3.05) is 0 Å². The summed E-state index contributed by atoms with van der Waals surface area (Å²) in [5, 5.41) is 0. The lowest BCUT2D eigenvalue weighted by atomic mass is 9.77. The Morgan fingerprint density at radius 3 is 1.86 bits per heavy atom. The average molecular weight is 697 g/mol. The van der Waals surface area contributed by atoms with E-state index in [-0.39, 0.29) is 28.7 Å². The molecule has 5 rings (SSSR count). The fourth-order valence-electron chi connectivity index (χ4n) is 6.18. The molecular formula is C37H30F10O2. The zero-order valence-corrected chi connectivity index (χ0v) is 26.0. The SMILES string of the molecule is CC=CCCC1CCC(c2ccc(-c3ccc(-c4cc(F)c(C(F)(F)Oc5ccc(OC(F)(F)F)c(F)c5)c(F)c4)c(F)c3)c(F)c2)CC1. The van der Waals surface area contributed by atoms with Crippen molar-refractivity contribution in [3.05, 3.63) is 119 Å². The van der Waals surface area contributed by atoms with Gasteiger partial charge in [0.25, 0.3) is 0 Å². The first-order valence-corrected chi connectivity index (χ1v) is 15.5. The van der Waals surface area contributed by atoms with Gasteiger partial charge in [-0.2, -0.15) is 8.78 Å². The molecule has 0 N–H and O–H groups in total. The molecule has 0 atom stereocenters. The second-order valence-corrected chi connectivity index (χ2v) is 11.9.